The number of nitrogens with one attached hydrogen (secondary N) is 1. The predicted molar refractivity (Wildman–Crippen MR) is 106 cm³/mol. The van der Waals surface area contributed by atoms with Gasteiger partial charge in [0, 0.05) is 10.7 Å². The first-order chi connectivity index (χ1) is 13.2. The number of carbonyl (C=O) groups excluding carboxylic acids is 3. The molecule has 1 fully saturated rings. The van der Waals surface area contributed by atoms with Gasteiger partial charge in [0.2, 0.25) is 0 Å². The van der Waals surface area contributed by atoms with E-state index in [2.05, 4.69) is 5.32 Å². The molecule has 3 rings (SSSR count). The fourth-order valence-corrected chi connectivity index (χ4v) is 4.13. The number of hydrogen-bond donors (Lipinski definition) is 1. The van der Waals surface area contributed by atoms with Crippen LogP contribution >= 0.6 is 11.8 Å². The number of nitrogens with zero attached hydrogens (tertiary/aromatic N) is 1. The monoisotopic (exact) mass is 404 g/mol. The molecule has 2 heterocycles. The van der Waals surface area contributed by atoms with Crippen LogP contribution in [0.15, 0.2) is 40.9 Å². The van der Waals surface area contributed by atoms with E-state index in [-0.39, 0.29) is 30.2 Å². The van der Waals surface area contributed by atoms with E-state index in [1.54, 1.807) is 39.8 Å². The van der Waals surface area contributed by atoms with Gasteiger partial charge >= 0.3 is 5.97 Å². The summed E-state index contributed by atoms with van der Waals surface area (Å²) in [5, 5.41) is 2.71. The van der Waals surface area contributed by atoms with Crippen LogP contribution in [0.25, 0.3) is 0 Å². The van der Waals surface area contributed by atoms with E-state index in [1.165, 1.54) is 16.7 Å². The largest absolute Gasteiger partial charge is 0.484 e. The Bertz CT molecular complexity index is 816. The minimum Gasteiger partial charge on any atom is -0.484 e. The second-order valence-electron chi connectivity index (χ2n) is 7.64. The molecule has 0 radical (unpaired) electrons. The Morgan fingerprint density at radius 3 is 2.57 bits per heavy atom. The normalized spacial score (nSPS) is 21.6. The van der Waals surface area contributed by atoms with Crippen molar-refractivity contribution in [1.29, 1.82) is 0 Å². The lowest BCUT2D eigenvalue weighted by Crippen LogP contribution is -2.72. The molecule has 1 saturated heterocycles. The number of carbonyl (C=O) groups is 3. The second kappa shape index (κ2) is 7.87. The van der Waals surface area contributed by atoms with Crippen LogP contribution < -0.4 is 10.1 Å². The molecular weight excluding hydrogens is 380 g/mol. The smallest absolute Gasteiger partial charge is 0.356 e. The van der Waals surface area contributed by atoms with Crippen molar-refractivity contribution in [2.75, 3.05) is 12.4 Å². The minimum atomic E-state index is -0.662. The third-order valence-corrected chi connectivity index (χ3v) is 5.42. The number of ether oxygens (including phenoxy) is 2. The summed E-state index contributed by atoms with van der Waals surface area (Å²) in [5.41, 5.74) is -0.384. The third kappa shape index (κ3) is 4.32. The molecule has 0 aromatic heterocycles. The highest BCUT2D eigenvalue weighted by Crippen LogP contribution is 2.39. The quantitative estimate of drug-likeness (QED) is 0.598. The number of fused-ring (bicyclic) bond motifs is 1. The average Bonchev–Trinajstić information content (AvgIpc) is 2.63. The maximum Gasteiger partial charge on any atom is 0.356 e. The summed E-state index contributed by atoms with van der Waals surface area (Å²) in [5.74, 6) is -0.0181. The Labute approximate surface area is 168 Å². The molecule has 0 saturated carbocycles. The predicted octanol–water partition coefficient (Wildman–Crippen LogP) is 2.08. The van der Waals surface area contributed by atoms with Crippen molar-refractivity contribution in [2.45, 2.75) is 45.4 Å². The van der Waals surface area contributed by atoms with Crippen LogP contribution in [0.5, 0.6) is 5.75 Å². The lowest BCUT2D eigenvalue weighted by atomic mass is 9.94. The number of β-lactam (4-membered cyclic amide) rings is 1. The summed E-state index contributed by atoms with van der Waals surface area (Å²) in [6.07, 6.45) is 0. The summed E-state index contributed by atoms with van der Waals surface area (Å²) in [6, 6.07) is 8.05. The van der Waals surface area contributed by atoms with Gasteiger partial charge in [0.25, 0.3) is 11.8 Å². The van der Waals surface area contributed by atoms with E-state index in [0.29, 0.717) is 11.5 Å². The fourth-order valence-electron chi connectivity index (χ4n) is 3.05. The standard InChI is InChI=1S/C20H24N2O5S/c1-12-17(19(25)27-20(2,3)4)22-14(11-28-12)16(18(22)24)21-15(23)10-26-13-8-6-5-7-9-13/h5-9,14,16H,10-11H2,1-4H3,(H,21,23)/t14-,16+/m0/s1. The SMILES string of the molecule is CC1=C(C(=O)OC(C)(C)C)N2C(=O)[C@H](NC(=O)COc3ccccc3)[C@@H]2CS1. The summed E-state index contributed by atoms with van der Waals surface area (Å²) in [6.45, 7) is 6.96. The first kappa shape index (κ1) is 20.3. The molecule has 0 spiro atoms. The number of hydrogen-bond acceptors (Lipinski definition) is 6. The number of rotatable bonds is 5. The molecule has 1 N–H and O–H groups in total. The van der Waals surface area contributed by atoms with Gasteiger partial charge in [-0.2, -0.15) is 0 Å². The zero-order valence-electron chi connectivity index (χ0n) is 16.4. The van der Waals surface area contributed by atoms with Crippen LogP contribution in [-0.2, 0) is 19.1 Å². The Kier molecular flexibility index (Phi) is 5.69. The van der Waals surface area contributed by atoms with Gasteiger partial charge in [-0.3, -0.25) is 14.5 Å². The molecule has 2 aliphatic heterocycles. The van der Waals surface area contributed by atoms with Crippen molar-refractivity contribution in [3.8, 4) is 5.75 Å². The van der Waals surface area contributed by atoms with Crippen molar-refractivity contribution < 1.29 is 23.9 Å². The van der Waals surface area contributed by atoms with Crippen LogP contribution in [-0.4, -0.2) is 52.7 Å². The van der Waals surface area contributed by atoms with Crippen LogP contribution in [0, 0.1) is 0 Å². The molecule has 1 aromatic rings. The molecule has 7 nitrogen and oxygen atoms in total. The molecule has 0 unspecified atom stereocenters. The number of para-hydroxylation sites is 1. The molecule has 2 atom stereocenters. The highest BCUT2D eigenvalue weighted by molar-refractivity contribution is 8.03. The van der Waals surface area contributed by atoms with Gasteiger partial charge in [-0.15, -0.1) is 11.8 Å². The zero-order chi connectivity index (χ0) is 20.5. The molecule has 0 bridgehead atoms. The van der Waals surface area contributed by atoms with Gasteiger partial charge < -0.3 is 14.8 Å². The van der Waals surface area contributed by atoms with Crippen molar-refractivity contribution in [1.82, 2.24) is 10.2 Å². The van der Waals surface area contributed by atoms with E-state index < -0.39 is 17.6 Å². The van der Waals surface area contributed by atoms with Crippen LogP contribution in [0.3, 0.4) is 0 Å². The van der Waals surface area contributed by atoms with Gasteiger partial charge in [-0.1, -0.05) is 18.2 Å². The third-order valence-electron chi connectivity index (χ3n) is 4.29. The van der Waals surface area contributed by atoms with Gasteiger partial charge in [0.1, 0.15) is 23.1 Å². The molecule has 1 aromatic carbocycles. The first-order valence-electron chi connectivity index (χ1n) is 9.04. The Balaban J connectivity index is 1.61. The maximum atomic E-state index is 12.7. The molecule has 2 amide bonds. The van der Waals surface area contributed by atoms with Crippen LogP contribution in [0.1, 0.15) is 27.7 Å². The number of esters is 1. The molecule has 150 valence electrons. The second-order valence-corrected chi connectivity index (χ2v) is 8.87. The van der Waals surface area contributed by atoms with Gasteiger partial charge in [-0.25, -0.2) is 4.79 Å². The van der Waals surface area contributed by atoms with Crippen molar-refractivity contribution in [2.24, 2.45) is 0 Å². The number of thioether (sulfide) groups is 1. The highest BCUT2D eigenvalue weighted by atomic mass is 32.2. The summed E-state index contributed by atoms with van der Waals surface area (Å²) in [7, 11) is 0. The first-order valence-corrected chi connectivity index (χ1v) is 10.0. The molecule has 28 heavy (non-hydrogen) atoms. The molecule has 0 aliphatic carbocycles. The number of benzene rings is 1. The fraction of sp³-hybridized carbons (Fsp3) is 0.450. The maximum absolute atomic E-state index is 12.7. The van der Waals surface area contributed by atoms with E-state index >= 15 is 0 Å². The summed E-state index contributed by atoms with van der Waals surface area (Å²) < 4.78 is 10.9. The van der Waals surface area contributed by atoms with Crippen molar-refractivity contribution in [3.63, 3.8) is 0 Å². The van der Waals surface area contributed by atoms with E-state index in [9.17, 15) is 14.4 Å². The lowest BCUT2D eigenvalue weighted by molar-refractivity contribution is -0.161. The van der Waals surface area contributed by atoms with Gasteiger partial charge in [-0.05, 0) is 39.8 Å². The Hall–Kier alpha value is -2.48. The lowest BCUT2D eigenvalue weighted by Gasteiger charge is -2.50. The summed E-state index contributed by atoms with van der Waals surface area (Å²) in [4.78, 5) is 39.6. The van der Waals surface area contributed by atoms with E-state index in [0.717, 1.165) is 4.91 Å². The van der Waals surface area contributed by atoms with Crippen molar-refractivity contribution >= 4 is 29.5 Å². The Morgan fingerprint density at radius 1 is 1.25 bits per heavy atom. The Morgan fingerprint density at radius 2 is 1.93 bits per heavy atom. The minimum absolute atomic E-state index is 0.179. The molecule has 2 aliphatic rings. The molecule has 8 heteroatoms. The van der Waals surface area contributed by atoms with E-state index in [1.807, 2.05) is 18.2 Å². The van der Waals surface area contributed by atoms with Crippen LogP contribution in [0.4, 0.5) is 0 Å². The van der Waals surface area contributed by atoms with Crippen molar-refractivity contribution in [3.05, 3.63) is 40.9 Å². The van der Waals surface area contributed by atoms with Crippen LogP contribution in [0.2, 0.25) is 0 Å². The highest BCUT2D eigenvalue weighted by Gasteiger charge is 2.53. The van der Waals surface area contributed by atoms with E-state index in [4.69, 9.17) is 9.47 Å². The average molecular weight is 404 g/mol. The zero-order valence-corrected chi connectivity index (χ0v) is 17.2. The van der Waals surface area contributed by atoms with Gasteiger partial charge in [0.15, 0.2) is 6.61 Å². The molecular formula is C20H24N2O5S. The topological polar surface area (TPSA) is 84.9 Å². The van der Waals surface area contributed by atoms with Gasteiger partial charge in [0.05, 0.1) is 6.04 Å². The summed E-state index contributed by atoms with van der Waals surface area (Å²) >= 11 is 1.49. The number of allylic oxidation sites excluding steroid dienone is 1. The number of amides is 2.